The van der Waals surface area contributed by atoms with E-state index in [4.69, 9.17) is 5.73 Å². The van der Waals surface area contributed by atoms with Crippen LogP contribution in [0.1, 0.15) is 36.0 Å². The third kappa shape index (κ3) is 4.42. The molecule has 1 aromatic heterocycles. The van der Waals surface area contributed by atoms with Crippen molar-refractivity contribution in [3.05, 3.63) is 69.4 Å². The van der Waals surface area contributed by atoms with Gasteiger partial charge in [0, 0.05) is 31.6 Å². The van der Waals surface area contributed by atoms with Gasteiger partial charge in [0.25, 0.3) is 0 Å². The van der Waals surface area contributed by atoms with Crippen LogP contribution in [-0.4, -0.2) is 33.6 Å². The average Bonchev–Trinajstić information content (AvgIpc) is 3.43. The first-order valence-electron chi connectivity index (χ1n) is 10.1. The minimum Gasteiger partial charge on any atom is -0.369 e. The van der Waals surface area contributed by atoms with Crippen molar-refractivity contribution >= 4 is 29.2 Å². The summed E-state index contributed by atoms with van der Waals surface area (Å²) >= 11 is 1.60. The summed E-state index contributed by atoms with van der Waals surface area (Å²) in [5.74, 6) is -0.0899. The number of nitrogens with zero attached hydrogens (tertiary/aromatic N) is 5. The number of nitriles is 1. The third-order valence-electron chi connectivity index (χ3n) is 5.60. The number of thioether (sulfide) groups is 1. The van der Waals surface area contributed by atoms with Gasteiger partial charge < -0.3 is 5.73 Å². The molecule has 8 heteroatoms. The minimum atomic E-state index is -0.310. The molecule has 1 amide bonds. The topological polar surface area (TPSA) is 100 Å². The fraction of sp³-hybridized carbons (Fsp3) is 0.304. The molecule has 0 fully saturated rings. The van der Waals surface area contributed by atoms with Crippen molar-refractivity contribution < 1.29 is 4.79 Å². The molecule has 1 unspecified atom stereocenters. The molecule has 2 aliphatic heterocycles. The van der Waals surface area contributed by atoms with E-state index >= 15 is 0 Å². The zero-order chi connectivity index (χ0) is 22.0. The highest BCUT2D eigenvalue weighted by Gasteiger charge is 2.34. The maximum atomic E-state index is 13.0. The smallest absolute Gasteiger partial charge is 0.238 e. The number of aromatic nitrogens is 2. The molecule has 2 N–H and O–H groups in total. The first-order chi connectivity index (χ1) is 15.0. The summed E-state index contributed by atoms with van der Waals surface area (Å²) < 4.78 is 1.79. The number of rotatable bonds is 5. The monoisotopic (exact) mass is 432 g/mol. The second kappa shape index (κ2) is 8.82. The zero-order valence-corrected chi connectivity index (χ0v) is 18.4. The number of hydrogen-bond donors (Lipinski definition) is 1. The van der Waals surface area contributed by atoms with Gasteiger partial charge in [0.15, 0.2) is 0 Å². The quantitative estimate of drug-likeness (QED) is 0.780. The summed E-state index contributed by atoms with van der Waals surface area (Å²) in [6.45, 7) is 0. The lowest BCUT2D eigenvalue weighted by molar-refractivity contribution is -0.130. The largest absolute Gasteiger partial charge is 0.369 e. The van der Waals surface area contributed by atoms with Crippen molar-refractivity contribution in [1.82, 2.24) is 14.7 Å². The lowest BCUT2D eigenvalue weighted by Crippen LogP contribution is -2.46. The maximum absolute atomic E-state index is 13.0. The Balaban J connectivity index is 1.55. The molecule has 0 spiro atoms. The van der Waals surface area contributed by atoms with Crippen LogP contribution in [0, 0.1) is 17.2 Å². The van der Waals surface area contributed by atoms with E-state index in [-0.39, 0.29) is 17.8 Å². The summed E-state index contributed by atoms with van der Waals surface area (Å²) in [5.41, 5.74) is 10.8. The minimum absolute atomic E-state index is 0.0123. The highest BCUT2D eigenvalue weighted by molar-refractivity contribution is 8.06. The van der Waals surface area contributed by atoms with Gasteiger partial charge in [0.05, 0.1) is 29.4 Å². The molecule has 3 heterocycles. The predicted octanol–water partition coefficient (Wildman–Crippen LogP) is 3.41. The molecule has 0 saturated carbocycles. The Bertz CT molecular complexity index is 1150. The van der Waals surface area contributed by atoms with E-state index in [0.29, 0.717) is 18.4 Å². The van der Waals surface area contributed by atoms with Crippen LogP contribution < -0.4 is 5.73 Å². The number of hydrogen-bond acceptors (Lipinski definition) is 6. The van der Waals surface area contributed by atoms with E-state index in [1.54, 1.807) is 29.6 Å². The van der Waals surface area contributed by atoms with Crippen molar-refractivity contribution in [2.24, 2.45) is 23.7 Å². The predicted molar refractivity (Wildman–Crippen MR) is 122 cm³/mol. The number of carbonyl (C=O) groups excluding carboxylic acids is 1. The van der Waals surface area contributed by atoms with Gasteiger partial charge in [-0.2, -0.15) is 10.4 Å². The lowest BCUT2D eigenvalue weighted by Gasteiger charge is -2.29. The third-order valence-corrected chi connectivity index (χ3v) is 6.64. The van der Waals surface area contributed by atoms with Gasteiger partial charge in [-0.1, -0.05) is 23.9 Å². The number of amides is 1. The van der Waals surface area contributed by atoms with Gasteiger partial charge in [-0.15, -0.1) is 0 Å². The average molecular weight is 433 g/mol. The van der Waals surface area contributed by atoms with E-state index < -0.39 is 0 Å². The Labute approximate surface area is 185 Å². The Morgan fingerprint density at radius 2 is 2.19 bits per heavy atom. The number of aryl methyl sites for hydroxylation is 2. The van der Waals surface area contributed by atoms with Crippen LogP contribution in [0.25, 0.3) is 5.57 Å². The van der Waals surface area contributed by atoms with Crippen molar-refractivity contribution in [1.29, 1.82) is 5.26 Å². The van der Waals surface area contributed by atoms with Crippen LogP contribution in [0.2, 0.25) is 0 Å². The number of nitrogens with two attached hydrogens (primary N) is 1. The van der Waals surface area contributed by atoms with E-state index in [2.05, 4.69) is 21.6 Å². The molecule has 4 rings (SSSR count). The number of aliphatic imine (C=N–C) groups is 1. The Kier molecular flexibility index (Phi) is 5.96. The van der Waals surface area contributed by atoms with Crippen molar-refractivity contribution in [3.8, 4) is 6.07 Å². The number of benzene rings is 1. The van der Waals surface area contributed by atoms with Crippen LogP contribution in [-0.2, 0) is 18.3 Å². The molecule has 31 heavy (non-hydrogen) atoms. The van der Waals surface area contributed by atoms with Crippen LogP contribution in [0.15, 0.2) is 57.7 Å². The van der Waals surface area contributed by atoms with Gasteiger partial charge >= 0.3 is 0 Å². The molecule has 2 aromatic rings. The van der Waals surface area contributed by atoms with E-state index in [1.165, 1.54) is 4.90 Å². The molecule has 0 bridgehead atoms. The van der Waals surface area contributed by atoms with Crippen molar-refractivity contribution in [3.63, 3.8) is 0 Å². The first-order valence-corrected chi connectivity index (χ1v) is 11.0. The summed E-state index contributed by atoms with van der Waals surface area (Å²) in [4.78, 5) is 20.2. The number of carbonyl (C=O) groups is 1. The molecular formula is C23H24N6OS. The number of guanidine groups is 1. The second-order valence-corrected chi connectivity index (χ2v) is 8.74. The zero-order valence-electron chi connectivity index (χ0n) is 17.6. The van der Waals surface area contributed by atoms with Gasteiger partial charge in [-0.05, 0) is 53.5 Å². The molecular weight excluding hydrogens is 408 g/mol. The molecule has 158 valence electrons. The Morgan fingerprint density at radius 1 is 1.35 bits per heavy atom. The van der Waals surface area contributed by atoms with Gasteiger partial charge in [-0.3, -0.25) is 14.4 Å². The molecule has 0 radical (unpaired) electrons. The second-order valence-electron chi connectivity index (χ2n) is 7.77. The highest BCUT2D eigenvalue weighted by atomic mass is 32.2. The van der Waals surface area contributed by atoms with E-state index in [9.17, 15) is 10.1 Å². The fourth-order valence-electron chi connectivity index (χ4n) is 3.88. The van der Waals surface area contributed by atoms with Crippen molar-refractivity contribution in [2.45, 2.75) is 25.7 Å². The highest BCUT2D eigenvalue weighted by Crippen LogP contribution is 2.44. The molecule has 2 aliphatic rings. The van der Waals surface area contributed by atoms with E-state index in [1.807, 2.05) is 37.6 Å². The molecule has 1 aromatic carbocycles. The standard InChI is InChI=1S/C23H24N6OS/c1-28-13-16(12-26-28)6-4-8-19-21(27-23(25)29(2)22(19)30)20-10-18(14-31-20)17-7-3-5-15(9-17)11-24/h3,5,7,9,12-14,19H,4,6,8,10H2,1-2H3,(H2,25,27)/b21-20+. The van der Waals surface area contributed by atoms with Crippen LogP contribution in [0.3, 0.4) is 0 Å². The molecule has 0 saturated heterocycles. The molecule has 1 atom stereocenters. The summed E-state index contributed by atoms with van der Waals surface area (Å²) in [7, 11) is 3.58. The fourth-order valence-corrected chi connectivity index (χ4v) is 4.93. The van der Waals surface area contributed by atoms with Crippen molar-refractivity contribution in [2.75, 3.05) is 7.05 Å². The van der Waals surface area contributed by atoms with Gasteiger partial charge in [0.2, 0.25) is 11.9 Å². The van der Waals surface area contributed by atoms with Crippen LogP contribution in [0.5, 0.6) is 0 Å². The van der Waals surface area contributed by atoms with Gasteiger partial charge in [0.1, 0.15) is 0 Å². The summed E-state index contributed by atoms with van der Waals surface area (Å²) in [5, 5.41) is 15.5. The first kappa shape index (κ1) is 20.9. The lowest BCUT2D eigenvalue weighted by atomic mass is 9.93. The molecule has 7 nitrogen and oxygen atoms in total. The number of allylic oxidation sites excluding steroid dienone is 2. The normalized spacial score (nSPS) is 21.1. The van der Waals surface area contributed by atoms with E-state index in [0.717, 1.165) is 40.1 Å². The Morgan fingerprint density at radius 3 is 2.94 bits per heavy atom. The SMILES string of the molecule is CN1C(=O)C(CCCc2cnn(C)c2)/C(=C2/CC(c3cccc(C#N)c3)=CS2)N=C1N. The Hall–Kier alpha value is -3.31. The summed E-state index contributed by atoms with van der Waals surface area (Å²) in [6, 6.07) is 9.77. The van der Waals surface area contributed by atoms with Crippen LogP contribution >= 0.6 is 11.8 Å². The summed E-state index contributed by atoms with van der Waals surface area (Å²) in [6.07, 6.45) is 6.97. The van der Waals surface area contributed by atoms with Crippen LogP contribution in [0.4, 0.5) is 0 Å². The van der Waals surface area contributed by atoms with Gasteiger partial charge in [-0.25, -0.2) is 4.99 Å². The molecule has 0 aliphatic carbocycles. The maximum Gasteiger partial charge on any atom is 0.238 e.